The molecule has 2 heterocycles. The van der Waals surface area contributed by atoms with Gasteiger partial charge in [-0.25, -0.2) is 13.2 Å². The van der Waals surface area contributed by atoms with E-state index in [9.17, 15) is 22.8 Å². The second kappa shape index (κ2) is 12.4. The first-order valence-corrected chi connectivity index (χ1v) is 15.0. The van der Waals surface area contributed by atoms with Crippen LogP contribution < -0.4 is 16.4 Å². The Morgan fingerprint density at radius 3 is 2.18 bits per heavy atom. The van der Waals surface area contributed by atoms with Crippen molar-refractivity contribution in [1.29, 1.82) is 0 Å². The van der Waals surface area contributed by atoms with Crippen LogP contribution in [0.2, 0.25) is 0 Å². The van der Waals surface area contributed by atoms with Gasteiger partial charge in [-0.3, -0.25) is 19.8 Å². The Bertz CT molecular complexity index is 1280. The first-order chi connectivity index (χ1) is 17.8. The number of amides is 4. The number of nitrogens with two attached hydrogens (primary N) is 1. The lowest BCUT2D eigenvalue weighted by molar-refractivity contribution is 0.0965. The number of carbonyl (C=O) groups excluding carboxylic acids is 3. The lowest BCUT2D eigenvalue weighted by Gasteiger charge is -2.25. The number of thiophene rings is 1. The van der Waals surface area contributed by atoms with Crippen molar-refractivity contribution < 1.29 is 22.8 Å². The summed E-state index contributed by atoms with van der Waals surface area (Å²) >= 11 is 1.29. The molecule has 0 saturated carbocycles. The van der Waals surface area contributed by atoms with Gasteiger partial charge in [0.15, 0.2) is 0 Å². The summed E-state index contributed by atoms with van der Waals surface area (Å²) < 4.78 is 28.1. The maximum Gasteiger partial charge on any atom is 0.319 e. The number of likely N-dealkylation sites (N-methyl/N-ethyl adjacent to an activating group) is 1. The van der Waals surface area contributed by atoms with Crippen molar-refractivity contribution in [2.75, 3.05) is 31.5 Å². The van der Waals surface area contributed by atoms with Crippen LogP contribution >= 0.6 is 11.3 Å². The highest BCUT2D eigenvalue weighted by Crippen LogP contribution is 2.37. The van der Waals surface area contributed by atoms with Crippen molar-refractivity contribution in [3.05, 3.63) is 45.8 Å². The fraction of sp³-hybridized carbons (Fsp3) is 0.500. The van der Waals surface area contributed by atoms with Crippen LogP contribution in [-0.4, -0.2) is 61.6 Å². The van der Waals surface area contributed by atoms with Gasteiger partial charge in [0.05, 0.1) is 10.5 Å². The maximum absolute atomic E-state index is 13.3. The van der Waals surface area contributed by atoms with Crippen LogP contribution in [0.5, 0.6) is 0 Å². The summed E-state index contributed by atoms with van der Waals surface area (Å²) in [5.41, 5.74) is 6.45. The standard InChI is InChI=1S/C26H37N5O5S2/c1-6-30-12-11-20-21(15-30)37-25(22(20)24(33)29-26(27)34)28-23(32)18-7-9-19(10-8-18)38(35,36)31(13-16(2)3)14-17(4)5/h7-10,16-17H,6,11-15H2,1-5H3,(H,28,32)(H3,27,29,33,34). The molecule has 1 aromatic carbocycles. The number of hydrogen-bond donors (Lipinski definition) is 3. The van der Waals surface area contributed by atoms with E-state index in [0.29, 0.717) is 31.1 Å². The molecule has 1 aromatic heterocycles. The Balaban J connectivity index is 1.87. The van der Waals surface area contributed by atoms with E-state index in [1.165, 1.54) is 39.9 Å². The number of benzene rings is 1. The minimum atomic E-state index is -3.73. The van der Waals surface area contributed by atoms with Gasteiger partial charge in [0, 0.05) is 36.6 Å². The maximum atomic E-state index is 13.3. The topological polar surface area (TPSA) is 142 Å². The van der Waals surface area contributed by atoms with Crippen molar-refractivity contribution in [2.45, 2.75) is 52.5 Å². The molecule has 208 valence electrons. The number of fused-ring (bicyclic) bond motifs is 1. The highest BCUT2D eigenvalue weighted by atomic mass is 32.2. The molecule has 4 amide bonds. The first kappa shape index (κ1) is 29.8. The van der Waals surface area contributed by atoms with Crippen LogP contribution in [-0.2, 0) is 23.0 Å². The normalized spacial score (nSPS) is 14.1. The number of anilines is 1. The van der Waals surface area contributed by atoms with Crippen molar-refractivity contribution in [2.24, 2.45) is 17.6 Å². The summed E-state index contributed by atoms with van der Waals surface area (Å²) in [4.78, 5) is 40.6. The van der Waals surface area contributed by atoms with Gasteiger partial charge < -0.3 is 11.1 Å². The van der Waals surface area contributed by atoms with Crippen molar-refractivity contribution in [1.82, 2.24) is 14.5 Å². The Morgan fingerprint density at radius 1 is 1.05 bits per heavy atom. The van der Waals surface area contributed by atoms with Crippen molar-refractivity contribution in [3.63, 3.8) is 0 Å². The Morgan fingerprint density at radius 2 is 1.66 bits per heavy atom. The number of carbonyl (C=O) groups is 3. The molecule has 0 unspecified atom stereocenters. The van der Waals surface area contributed by atoms with Gasteiger partial charge in [0.25, 0.3) is 11.8 Å². The molecule has 2 aromatic rings. The lowest BCUT2D eigenvalue weighted by Crippen LogP contribution is -2.37. The fourth-order valence-electron chi connectivity index (χ4n) is 4.42. The largest absolute Gasteiger partial charge is 0.351 e. The molecular formula is C26H37N5O5S2. The van der Waals surface area contributed by atoms with Crippen molar-refractivity contribution >= 4 is 44.2 Å². The molecule has 1 aliphatic rings. The average Bonchev–Trinajstić information content (AvgIpc) is 3.19. The molecule has 0 aliphatic carbocycles. The van der Waals surface area contributed by atoms with Crippen LogP contribution in [0.4, 0.5) is 9.80 Å². The predicted octanol–water partition coefficient (Wildman–Crippen LogP) is 3.49. The predicted molar refractivity (Wildman–Crippen MR) is 149 cm³/mol. The van der Waals surface area contributed by atoms with E-state index < -0.39 is 27.9 Å². The van der Waals surface area contributed by atoms with Gasteiger partial charge in [0.2, 0.25) is 10.0 Å². The van der Waals surface area contributed by atoms with Crippen molar-refractivity contribution in [3.8, 4) is 0 Å². The van der Waals surface area contributed by atoms with E-state index in [-0.39, 0.29) is 27.9 Å². The second-order valence-electron chi connectivity index (χ2n) is 10.2. The third-order valence-corrected chi connectivity index (χ3v) is 9.14. The quantitative estimate of drug-likeness (QED) is 0.404. The molecular weight excluding hydrogens is 526 g/mol. The molecule has 12 heteroatoms. The number of imide groups is 1. The smallest absolute Gasteiger partial charge is 0.319 e. The van der Waals surface area contributed by atoms with E-state index in [2.05, 4.69) is 22.5 Å². The van der Waals surface area contributed by atoms with Gasteiger partial charge in [-0.2, -0.15) is 4.31 Å². The summed E-state index contributed by atoms with van der Waals surface area (Å²) in [6.07, 6.45) is 0.604. The molecule has 0 fully saturated rings. The number of urea groups is 1. The number of sulfonamides is 1. The monoisotopic (exact) mass is 563 g/mol. The van der Waals surface area contributed by atoms with E-state index in [4.69, 9.17) is 5.73 Å². The molecule has 0 atom stereocenters. The van der Waals surface area contributed by atoms with Gasteiger partial charge in [-0.15, -0.1) is 11.3 Å². The zero-order valence-electron chi connectivity index (χ0n) is 22.5. The third kappa shape index (κ3) is 6.99. The van der Waals surface area contributed by atoms with E-state index >= 15 is 0 Å². The number of primary amides is 1. The molecule has 38 heavy (non-hydrogen) atoms. The van der Waals surface area contributed by atoms with Crippen LogP contribution in [0, 0.1) is 11.8 Å². The third-order valence-electron chi connectivity index (χ3n) is 6.17. The molecule has 0 saturated heterocycles. The van der Waals surface area contributed by atoms with Gasteiger partial charge in [0.1, 0.15) is 5.00 Å². The SMILES string of the molecule is CCN1CCc2c(sc(NC(=O)c3ccc(S(=O)(=O)N(CC(C)C)CC(C)C)cc3)c2C(=O)NC(N)=O)C1. The number of nitrogens with one attached hydrogen (secondary N) is 2. The highest BCUT2D eigenvalue weighted by Gasteiger charge is 2.30. The van der Waals surface area contributed by atoms with Crippen LogP contribution in [0.1, 0.15) is 65.8 Å². The summed E-state index contributed by atoms with van der Waals surface area (Å²) in [6.45, 7) is 13.0. The van der Waals surface area contributed by atoms with E-state index in [1.54, 1.807) is 0 Å². The Kier molecular flexibility index (Phi) is 9.69. The summed E-state index contributed by atoms with van der Waals surface area (Å²) in [5.74, 6) is -0.826. The molecule has 3 rings (SSSR count). The number of nitrogens with zero attached hydrogens (tertiary/aromatic N) is 2. The van der Waals surface area contributed by atoms with E-state index in [0.717, 1.165) is 23.5 Å². The summed E-state index contributed by atoms with van der Waals surface area (Å²) in [7, 11) is -3.73. The highest BCUT2D eigenvalue weighted by molar-refractivity contribution is 7.89. The molecule has 10 nitrogen and oxygen atoms in total. The van der Waals surface area contributed by atoms with Crippen LogP contribution in [0.15, 0.2) is 29.2 Å². The number of hydrogen-bond acceptors (Lipinski definition) is 7. The average molecular weight is 564 g/mol. The van der Waals surface area contributed by atoms with E-state index in [1.807, 2.05) is 27.7 Å². The van der Waals surface area contributed by atoms with Crippen LogP contribution in [0.25, 0.3) is 0 Å². The first-order valence-electron chi connectivity index (χ1n) is 12.7. The van der Waals surface area contributed by atoms with Gasteiger partial charge in [-0.05, 0) is 54.6 Å². The zero-order chi connectivity index (χ0) is 28.2. The fourth-order valence-corrected chi connectivity index (χ4v) is 7.47. The van der Waals surface area contributed by atoms with Gasteiger partial charge in [-0.1, -0.05) is 34.6 Å². The Hall–Kier alpha value is -2.80. The molecule has 4 N–H and O–H groups in total. The molecule has 0 spiro atoms. The zero-order valence-corrected chi connectivity index (χ0v) is 24.2. The number of rotatable bonds is 10. The minimum absolute atomic E-state index is 0.114. The Labute approximate surface area is 228 Å². The minimum Gasteiger partial charge on any atom is -0.351 e. The second-order valence-corrected chi connectivity index (χ2v) is 13.3. The summed E-state index contributed by atoms with van der Waals surface area (Å²) in [5, 5.41) is 5.23. The molecule has 0 radical (unpaired) electrons. The molecule has 0 bridgehead atoms. The van der Waals surface area contributed by atoms with Crippen LogP contribution in [0.3, 0.4) is 0 Å². The van der Waals surface area contributed by atoms with Gasteiger partial charge >= 0.3 is 6.03 Å². The molecule has 1 aliphatic heterocycles. The lowest BCUT2D eigenvalue weighted by atomic mass is 10.0. The summed E-state index contributed by atoms with van der Waals surface area (Å²) in [6, 6.07) is 4.80.